The van der Waals surface area contributed by atoms with Crippen molar-refractivity contribution in [2.75, 3.05) is 41.6 Å². The van der Waals surface area contributed by atoms with E-state index in [1.54, 1.807) is 75.4 Å². The maximum Gasteiger partial charge on any atom is 0.396 e. The van der Waals surface area contributed by atoms with Crippen LogP contribution in [0.15, 0.2) is 108 Å². The van der Waals surface area contributed by atoms with Gasteiger partial charge in [-0.25, -0.2) is 24.5 Å². The van der Waals surface area contributed by atoms with Crippen molar-refractivity contribution in [1.82, 2.24) is 70.7 Å². The Bertz CT molecular complexity index is 3600. The van der Waals surface area contributed by atoms with Gasteiger partial charge in [0.1, 0.15) is 5.82 Å². The van der Waals surface area contributed by atoms with E-state index in [0.29, 0.717) is 55.7 Å². The van der Waals surface area contributed by atoms with Gasteiger partial charge < -0.3 is 53.6 Å². The third kappa shape index (κ3) is 16.6. The molecule has 0 saturated carbocycles. The van der Waals surface area contributed by atoms with Crippen molar-refractivity contribution < 1.29 is 36.7 Å². The molecule has 0 fully saturated rings. The number of carbonyl (C=O) groups excluding carboxylic acids is 2. The molecule has 0 unspecified atom stereocenters. The zero-order chi connectivity index (χ0) is 54.8. The molecule has 0 aliphatic rings. The van der Waals surface area contributed by atoms with E-state index in [9.17, 15) is 9.59 Å². The number of imidazole rings is 3. The lowest BCUT2D eigenvalue weighted by molar-refractivity contribution is 0.0473. The molecule has 11 aromatic rings. The number of aliphatic imine (C=N–C) groups is 1. The number of esters is 2. The van der Waals surface area contributed by atoms with Crippen molar-refractivity contribution >= 4 is 150 Å². The second-order valence-corrected chi connectivity index (χ2v) is 17.4. The summed E-state index contributed by atoms with van der Waals surface area (Å²) in [6, 6.07) is 21.5. The number of halogens is 4. The monoisotopic (exact) mass is 1150 g/mol. The van der Waals surface area contributed by atoms with Crippen molar-refractivity contribution in [3.05, 3.63) is 129 Å². The van der Waals surface area contributed by atoms with Crippen LogP contribution < -0.4 is 22.1 Å². The fourth-order valence-electron chi connectivity index (χ4n) is 5.86. The topological polar surface area (TPSA) is 383 Å². The number of benzene rings is 4. The predicted molar refractivity (Wildman–Crippen MR) is 288 cm³/mol. The number of nitrogens with two attached hydrogens (primary N) is 2. The van der Waals surface area contributed by atoms with Crippen LogP contribution in [0.5, 0.6) is 0 Å². The second kappa shape index (κ2) is 27.1. The molecule has 0 radical (unpaired) electrons. The molecule has 77 heavy (non-hydrogen) atoms. The highest BCUT2D eigenvalue weighted by Crippen LogP contribution is 2.24. The maximum absolute atomic E-state index is 11.4. The number of aromatic amines is 3. The van der Waals surface area contributed by atoms with Crippen molar-refractivity contribution in [3.63, 3.8) is 0 Å². The number of nitrogen functional groups attached to an aromatic ring is 2. The molecule has 9 N–H and O–H groups in total. The molecule has 0 aliphatic carbocycles. The van der Waals surface area contributed by atoms with Crippen LogP contribution in [0.1, 0.15) is 53.9 Å². The molecule has 7 heterocycles. The number of fused-ring (bicyclic) bond motifs is 3. The highest BCUT2D eigenvalue weighted by Gasteiger charge is 2.18. The molecule has 32 heteroatoms. The van der Waals surface area contributed by atoms with Gasteiger partial charge in [0.25, 0.3) is 0 Å². The minimum absolute atomic E-state index is 0.0307. The van der Waals surface area contributed by atoms with E-state index in [4.69, 9.17) is 80.3 Å². The smallest absolute Gasteiger partial charge is 0.396 e. The Kier molecular flexibility index (Phi) is 19.7. The summed E-state index contributed by atoms with van der Waals surface area (Å²) in [5, 5.41) is 37.9. The summed E-state index contributed by atoms with van der Waals surface area (Å²) in [6.07, 6.45) is 4.91. The average Bonchev–Trinajstić information content (AvgIpc) is 4.27. The Morgan fingerprint density at radius 1 is 0.623 bits per heavy atom. The summed E-state index contributed by atoms with van der Waals surface area (Å²) in [5.41, 5.74) is 16.8. The van der Waals surface area contributed by atoms with Gasteiger partial charge in [-0.3, -0.25) is 10.6 Å². The number of hydrogen-bond acceptors (Lipinski definition) is 25. The first-order chi connectivity index (χ1) is 37.1. The van der Waals surface area contributed by atoms with Gasteiger partial charge in [0.05, 0.1) is 69.2 Å². The Morgan fingerprint density at radius 3 is 1.68 bits per heavy atom. The van der Waals surface area contributed by atoms with Crippen LogP contribution in [0.25, 0.3) is 33.1 Å². The number of hydrogen-bond donors (Lipinski definition) is 7. The zero-order valence-electron chi connectivity index (χ0n) is 40.4. The van der Waals surface area contributed by atoms with Gasteiger partial charge >= 0.3 is 41.8 Å². The third-order valence-corrected chi connectivity index (χ3v) is 10.9. The molecule has 398 valence electrons. The normalized spacial score (nSPS) is 10.8. The van der Waals surface area contributed by atoms with E-state index in [0.717, 1.165) is 44.0 Å². The number of H-pyrrole nitrogens is 3. The molecule has 0 saturated heterocycles. The number of nitrogens with one attached hydrogen (secondary N) is 5. The summed E-state index contributed by atoms with van der Waals surface area (Å²) >= 11 is 24.7. The van der Waals surface area contributed by atoms with E-state index < -0.39 is 11.9 Å². The third-order valence-electron chi connectivity index (χ3n) is 9.25. The number of thioether (sulfide) groups is 1. The van der Waals surface area contributed by atoms with Crippen molar-refractivity contribution in [2.45, 2.75) is 27.2 Å². The lowest BCUT2D eigenvalue weighted by Crippen LogP contribution is -2.04. The highest BCUT2D eigenvalue weighted by molar-refractivity contribution is 8.13. The molecule has 27 nitrogen and oxygen atoms in total. The summed E-state index contributed by atoms with van der Waals surface area (Å²) in [5.74, 6) is 0.533. The van der Waals surface area contributed by atoms with Gasteiger partial charge in [-0.1, -0.05) is 71.9 Å². The minimum atomic E-state index is -0.672. The van der Waals surface area contributed by atoms with Crippen LogP contribution in [-0.4, -0.2) is 107 Å². The maximum atomic E-state index is 11.4. The average molecular weight is 1150 g/mol. The van der Waals surface area contributed by atoms with Gasteiger partial charge in [-0.2, -0.15) is 4.99 Å². The van der Waals surface area contributed by atoms with Crippen LogP contribution in [0.4, 0.5) is 41.3 Å². The highest BCUT2D eigenvalue weighted by atomic mass is 35.5. The molecule has 4 aromatic carbocycles. The first-order valence-electron chi connectivity index (χ1n) is 22.1. The van der Waals surface area contributed by atoms with Crippen LogP contribution in [0.2, 0.25) is 20.1 Å². The predicted octanol–water partition coefficient (Wildman–Crippen LogP) is 10.2. The fraction of sp³-hybridized carbons (Fsp3) is 0.156. The number of nitrogens with zero attached hydrogens (tertiary/aromatic N) is 12. The van der Waals surface area contributed by atoms with Gasteiger partial charge in [0, 0.05) is 20.1 Å². The van der Waals surface area contributed by atoms with Crippen LogP contribution >= 0.6 is 58.2 Å². The van der Waals surface area contributed by atoms with Gasteiger partial charge in [-0.15, -0.1) is 27.1 Å². The SMILES string of the molecule is CCOC(=O)c1nnc(N=C(C)SC)o1.CCOC(=O)c1nnc(Nc2nc3ccc(Cl)cc3[nH]2)o1.Clc1ccc2nc(Cc3nnco3)[nH]c2c1.Clc1ccc2nc(Nc3nnco3)[nH]c2c1.Nc1ccc(Cl)cc1N. The van der Waals surface area contributed by atoms with E-state index in [1.807, 2.05) is 24.5 Å². The summed E-state index contributed by atoms with van der Waals surface area (Å²) in [4.78, 5) is 48.6. The lowest BCUT2D eigenvalue weighted by Gasteiger charge is -1.97. The van der Waals surface area contributed by atoms with Gasteiger partial charge in [0.2, 0.25) is 30.6 Å². The molecule has 0 aliphatic heterocycles. The Hall–Kier alpha value is -8.83. The first kappa shape index (κ1) is 55.9. The summed E-state index contributed by atoms with van der Waals surface area (Å²) < 4.78 is 29.5. The molecule has 0 bridgehead atoms. The number of carbonyl (C=O) groups is 2. The largest absolute Gasteiger partial charge is 0.459 e. The molecule has 0 atom stereocenters. The van der Waals surface area contributed by atoms with Crippen molar-refractivity contribution in [3.8, 4) is 0 Å². The van der Waals surface area contributed by atoms with Crippen LogP contribution in [0, 0.1) is 0 Å². The van der Waals surface area contributed by atoms with Gasteiger partial charge in [-0.05, 0) is 99.8 Å². The molecule has 7 aromatic heterocycles. The van der Waals surface area contributed by atoms with Crippen molar-refractivity contribution in [1.29, 1.82) is 0 Å². The van der Waals surface area contributed by atoms with E-state index in [2.05, 4.69) is 91.1 Å². The number of anilines is 6. The van der Waals surface area contributed by atoms with E-state index in [-0.39, 0.29) is 43.0 Å². The Labute approximate surface area is 457 Å². The molecule has 11 rings (SSSR count). The Morgan fingerprint density at radius 2 is 1.14 bits per heavy atom. The second-order valence-electron chi connectivity index (χ2n) is 14.7. The van der Waals surface area contributed by atoms with Crippen molar-refractivity contribution in [2.24, 2.45) is 4.99 Å². The number of ether oxygens (including phenoxy) is 2. The van der Waals surface area contributed by atoms with Gasteiger partial charge in [0.15, 0.2) is 0 Å². The van der Waals surface area contributed by atoms with Crippen LogP contribution in [0.3, 0.4) is 0 Å². The fourth-order valence-corrected chi connectivity index (χ4v) is 6.72. The quantitative estimate of drug-likeness (QED) is 0.0274. The molecular formula is C45H41Cl4N19O8S. The standard InChI is InChI=1S/C12H10ClN5O3.C10H7ClN4O.C9H6ClN5O.C8H11N3O3S.C6H7ClN2/c1-2-20-10(19)9-17-18-12(21-9)16-11-14-7-4-3-6(13)5-8(7)15-11;11-6-1-2-7-8(3-6)14-9(13-7)4-10-15-12-5-16-10;10-5-1-2-6-7(3-5)13-8(12-6)14-9-15-11-4-16-9;1-4-13-7(12)6-10-11-8(14-6)9-5(2)15-3;7-4-1-2-5(8)6(9)3-4/h3-5H,2H2,1H3,(H2,14,15,16,18);1-3,5H,4H2,(H,13,14);1-4H,(H2,12,13,14,15);4H2,1-3H3;1-3H,8-9H2. The molecule has 0 spiro atoms. The van der Waals surface area contributed by atoms with E-state index in [1.165, 1.54) is 24.5 Å². The Balaban J connectivity index is 0.000000143. The summed E-state index contributed by atoms with van der Waals surface area (Å²) in [7, 11) is 0. The lowest BCUT2D eigenvalue weighted by atomic mass is 10.3. The molecule has 0 amide bonds. The van der Waals surface area contributed by atoms with Crippen LogP contribution in [-0.2, 0) is 15.9 Å². The first-order valence-corrected chi connectivity index (χ1v) is 24.8. The van der Waals surface area contributed by atoms with E-state index >= 15 is 0 Å². The molecular weight excluding hydrogens is 1110 g/mol. The number of rotatable bonds is 11. The summed E-state index contributed by atoms with van der Waals surface area (Å²) in [6.45, 7) is 5.69. The zero-order valence-corrected chi connectivity index (χ0v) is 44.3. The number of aromatic nitrogens is 14. The minimum Gasteiger partial charge on any atom is -0.459 e.